The molecular formula is C21H20ClN5O4. The molecule has 0 atom stereocenters. The highest BCUT2D eigenvalue weighted by Gasteiger charge is 2.26. The number of aromatic nitrogens is 3. The van der Waals surface area contributed by atoms with Crippen LogP contribution in [-0.2, 0) is 24.4 Å². The zero-order valence-corrected chi connectivity index (χ0v) is 17.5. The number of carbonyl (C=O) groups is 1. The summed E-state index contributed by atoms with van der Waals surface area (Å²) >= 11 is 6.09. The Morgan fingerprint density at radius 1 is 1.10 bits per heavy atom. The second kappa shape index (κ2) is 8.65. The van der Waals surface area contributed by atoms with Gasteiger partial charge in [-0.15, -0.1) is 5.10 Å². The molecule has 1 N–H and O–H groups in total. The lowest BCUT2D eigenvalue weighted by Crippen LogP contribution is -2.44. The van der Waals surface area contributed by atoms with E-state index >= 15 is 0 Å². The molecule has 4 rings (SSSR count). The van der Waals surface area contributed by atoms with Gasteiger partial charge in [-0.05, 0) is 35.9 Å². The van der Waals surface area contributed by atoms with Crippen molar-refractivity contribution in [3.05, 3.63) is 79.8 Å². The van der Waals surface area contributed by atoms with Crippen molar-refractivity contribution in [1.82, 2.24) is 19.7 Å². The largest absolute Gasteiger partial charge is 0.497 e. The number of fused-ring (bicyclic) bond motifs is 1. The number of hydrogen-bond acceptors (Lipinski definition) is 6. The van der Waals surface area contributed by atoms with Gasteiger partial charge in [-0.1, -0.05) is 29.8 Å². The lowest BCUT2D eigenvalue weighted by Gasteiger charge is -2.18. The zero-order chi connectivity index (χ0) is 22.0. The summed E-state index contributed by atoms with van der Waals surface area (Å²) in [6.45, 7) is 0.649. The molecule has 1 aromatic heterocycles. The first-order valence-electron chi connectivity index (χ1n) is 9.61. The smallest absolute Gasteiger partial charge is 0.333 e. The molecule has 0 saturated carbocycles. The number of nitrogens with one attached hydrogen (secondary N) is 1. The van der Waals surface area contributed by atoms with Crippen LogP contribution in [-0.4, -0.2) is 33.9 Å². The third-order valence-corrected chi connectivity index (χ3v) is 5.38. The Balaban J connectivity index is 1.56. The number of methoxy groups -OCH3 is 1. The van der Waals surface area contributed by atoms with E-state index in [4.69, 9.17) is 16.3 Å². The van der Waals surface area contributed by atoms with Crippen LogP contribution >= 0.6 is 11.6 Å². The lowest BCUT2D eigenvalue weighted by molar-refractivity contribution is -0.122. The first kappa shape index (κ1) is 20.7. The normalized spacial score (nSPS) is 12.5. The van der Waals surface area contributed by atoms with E-state index in [9.17, 15) is 14.4 Å². The van der Waals surface area contributed by atoms with E-state index in [0.29, 0.717) is 29.8 Å². The molecule has 31 heavy (non-hydrogen) atoms. The third-order valence-electron chi connectivity index (χ3n) is 5.01. The van der Waals surface area contributed by atoms with Crippen molar-refractivity contribution in [2.45, 2.75) is 19.6 Å². The number of hydrogen-bond donors (Lipinski definition) is 1. The number of amides is 1. The molecule has 0 radical (unpaired) electrons. The summed E-state index contributed by atoms with van der Waals surface area (Å²) in [6, 6.07) is 14.4. The Kier molecular flexibility index (Phi) is 5.77. The first-order chi connectivity index (χ1) is 15.0. The second-order valence-electron chi connectivity index (χ2n) is 6.94. The van der Waals surface area contributed by atoms with E-state index in [1.54, 1.807) is 37.4 Å². The molecule has 0 aliphatic carbocycles. The predicted octanol–water partition coefficient (Wildman–Crippen LogP) is 1.54. The van der Waals surface area contributed by atoms with E-state index in [1.807, 2.05) is 23.1 Å². The van der Waals surface area contributed by atoms with Gasteiger partial charge in [0.25, 0.3) is 0 Å². The summed E-state index contributed by atoms with van der Waals surface area (Å²) in [7, 11) is 1.58. The van der Waals surface area contributed by atoms with Crippen molar-refractivity contribution in [3.63, 3.8) is 0 Å². The Bertz CT molecular complexity index is 1240. The van der Waals surface area contributed by atoms with E-state index in [1.165, 1.54) is 4.57 Å². The number of nitrogens with zero attached hydrogens (tertiary/aromatic N) is 4. The lowest BCUT2D eigenvalue weighted by atomic mass is 10.2. The maximum atomic E-state index is 12.6. The van der Waals surface area contributed by atoms with Crippen LogP contribution in [0.3, 0.4) is 0 Å². The van der Waals surface area contributed by atoms with Gasteiger partial charge in [0.05, 0.1) is 7.11 Å². The van der Waals surface area contributed by atoms with Gasteiger partial charge >= 0.3 is 11.1 Å². The number of rotatable bonds is 6. The summed E-state index contributed by atoms with van der Waals surface area (Å²) in [5.74, 6) is 0.565. The van der Waals surface area contributed by atoms with Crippen LogP contribution in [0.1, 0.15) is 5.56 Å². The summed E-state index contributed by atoms with van der Waals surface area (Å²) in [6.07, 6.45) is 0. The molecule has 9 nitrogen and oxygen atoms in total. The van der Waals surface area contributed by atoms with Crippen molar-refractivity contribution in [2.24, 2.45) is 0 Å². The molecular weight excluding hydrogens is 422 g/mol. The predicted molar refractivity (Wildman–Crippen MR) is 116 cm³/mol. The minimum Gasteiger partial charge on any atom is -0.497 e. The highest BCUT2D eigenvalue weighted by molar-refractivity contribution is 6.31. The minimum atomic E-state index is -0.840. The van der Waals surface area contributed by atoms with Gasteiger partial charge in [0.1, 0.15) is 12.3 Å². The molecule has 3 aromatic rings. The average molecular weight is 442 g/mol. The van der Waals surface area contributed by atoms with Crippen LogP contribution in [0.25, 0.3) is 0 Å². The highest BCUT2D eigenvalue weighted by atomic mass is 35.5. The Hall–Kier alpha value is -3.59. The van der Waals surface area contributed by atoms with Crippen LogP contribution in [0.4, 0.5) is 11.6 Å². The van der Waals surface area contributed by atoms with Gasteiger partial charge in [-0.3, -0.25) is 19.0 Å². The fourth-order valence-electron chi connectivity index (χ4n) is 3.37. The molecule has 0 unspecified atom stereocenters. The van der Waals surface area contributed by atoms with Gasteiger partial charge < -0.3 is 15.0 Å². The molecule has 0 spiro atoms. The van der Waals surface area contributed by atoms with Gasteiger partial charge in [0, 0.05) is 30.3 Å². The SMILES string of the molecule is COc1ccc(N2CCn3c2nn(CC(=O)NCc2ccccc2Cl)c(=O)c3=O)cc1. The third kappa shape index (κ3) is 4.17. The Morgan fingerprint density at radius 2 is 1.84 bits per heavy atom. The maximum absolute atomic E-state index is 12.6. The second-order valence-corrected chi connectivity index (χ2v) is 7.34. The van der Waals surface area contributed by atoms with Crippen LogP contribution in [0.15, 0.2) is 58.1 Å². The minimum absolute atomic E-state index is 0.204. The fraction of sp³-hybridized carbons (Fsp3) is 0.238. The fourth-order valence-corrected chi connectivity index (χ4v) is 3.57. The number of carbonyl (C=O) groups excluding carboxylic acids is 1. The Morgan fingerprint density at radius 3 is 2.55 bits per heavy atom. The monoisotopic (exact) mass is 441 g/mol. The van der Waals surface area contributed by atoms with E-state index in [2.05, 4.69) is 10.4 Å². The summed E-state index contributed by atoms with van der Waals surface area (Å²) < 4.78 is 7.40. The zero-order valence-electron chi connectivity index (χ0n) is 16.7. The Labute approximate surface area is 182 Å². The summed E-state index contributed by atoms with van der Waals surface area (Å²) in [4.78, 5) is 39.2. The molecule has 160 valence electrons. The van der Waals surface area contributed by atoms with Gasteiger partial charge in [-0.25, -0.2) is 4.68 Å². The van der Waals surface area contributed by atoms with Crippen LogP contribution < -0.4 is 26.1 Å². The average Bonchev–Trinajstić information content (AvgIpc) is 3.20. The molecule has 0 fully saturated rings. The van der Waals surface area contributed by atoms with Crippen LogP contribution in [0.5, 0.6) is 5.75 Å². The quantitative estimate of drug-likeness (QED) is 0.582. The molecule has 10 heteroatoms. The summed E-state index contributed by atoms with van der Waals surface area (Å²) in [5, 5.41) is 7.53. The molecule has 1 amide bonds. The highest BCUT2D eigenvalue weighted by Crippen LogP contribution is 2.27. The van der Waals surface area contributed by atoms with Crippen LogP contribution in [0.2, 0.25) is 5.02 Å². The topological polar surface area (TPSA) is 98.5 Å². The number of halogens is 1. The van der Waals surface area contributed by atoms with Crippen molar-refractivity contribution in [1.29, 1.82) is 0 Å². The van der Waals surface area contributed by atoms with E-state index in [0.717, 1.165) is 15.9 Å². The van der Waals surface area contributed by atoms with E-state index in [-0.39, 0.29) is 13.1 Å². The number of benzene rings is 2. The molecule has 1 aliphatic heterocycles. The molecule has 0 saturated heterocycles. The molecule has 2 aromatic carbocycles. The molecule has 1 aliphatic rings. The van der Waals surface area contributed by atoms with Crippen molar-refractivity contribution >= 4 is 29.1 Å². The van der Waals surface area contributed by atoms with Gasteiger partial charge in [0.2, 0.25) is 11.9 Å². The summed E-state index contributed by atoms with van der Waals surface area (Å²) in [5.41, 5.74) is -0.00186. The van der Waals surface area contributed by atoms with Gasteiger partial charge in [-0.2, -0.15) is 0 Å². The number of ether oxygens (including phenoxy) is 1. The van der Waals surface area contributed by atoms with Crippen molar-refractivity contribution in [2.75, 3.05) is 18.6 Å². The van der Waals surface area contributed by atoms with E-state index < -0.39 is 17.0 Å². The molecule has 0 bridgehead atoms. The maximum Gasteiger partial charge on any atom is 0.333 e. The standard InChI is InChI=1S/C21H20ClN5O4/c1-31-16-8-6-15(7-9-16)25-10-11-26-19(29)20(30)27(24-21(25)26)13-18(28)23-12-14-4-2-3-5-17(14)22/h2-9H,10-13H2,1H3,(H,23,28). The number of anilines is 2. The molecule has 2 heterocycles. The van der Waals surface area contributed by atoms with Crippen molar-refractivity contribution in [3.8, 4) is 5.75 Å². The van der Waals surface area contributed by atoms with Crippen LogP contribution in [0, 0.1) is 0 Å². The first-order valence-corrected chi connectivity index (χ1v) is 9.99. The van der Waals surface area contributed by atoms with Crippen molar-refractivity contribution < 1.29 is 9.53 Å². The van der Waals surface area contributed by atoms with Gasteiger partial charge in [0.15, 0.2) is 0 Å².